The first kappa shape index (κ1) is 12.1. The predicted molar refractivity (Wildman–Crippen MR) is 43.7 cm³/mol. The minimum atomic E-state index is -0.282. The van der Waals surface area contributed by atoms with Crippen LogP contribution in [-0.2, 0) is 4.79 Å². The van der Waals surface area contributed by atoms with Crippen LogP contribution in [0.25, 0.3) is 0 Å². The Morgan fingerprint density at radius 3 is 1.70 bits per heavy atom. The Balaban J connectivity index is 0. The van der Waals surface area contributed by atoms with E-state index in [1.54, 1.807) is 11.8 Å². The molecule has 0 radical (unpaired) electrons. The Morgan fingerprint density at radius 1 is 1.40 bits per heavy atom. The molecule has 0 rings (SSSR count). The summed E-state index contributed by atoms with van der Waals surface area (Å²) in [4.78, 5) is 12.1. The number of nitrogens with two attached hydrogens (primary N) is 1. The zero-order valence-corrected chi connectivity index (χ0v) is 7.51. The Hall–Kier alpha value is -0.570. The minimum absolute atomic E-state index is 0.157. The molecule has 0 aliphatic rings. The highest BCUT2D eigenvalue weighted by atomic mass is 16.1. The van der Waals surface area contributed by atoms with Crippen LogP contribution in [0.4, 0.5) is 0 Å². The third-order valence-electron chi connectivity index (χ3n) is 1.19. The smallest absolute Gasteiger partial charge is 0.234 e. The molecule has 3 nitrogen and oxygen atoms in total. The molecule has 3 heteroatoms. The van der Waals surface area contributed by atoms with Crippen molar-refractivity contribution in [2.45, 2.75) is 26.8 Å². The molecule has 0 fully saturated rings. The maximum absolute atomic E-state index is 10.3. The summed E-state index contributed by atoms with van der Waals surface area (Å²) in [6, 6.07) is -0.157. The van der Waals surface area contributed by atoms with E-state index in [2.05, 4.69) is 0 Å². The van der Waals surface area contributed by atoms with Gasteiger partial charge in [0.25, 0.3) is 0 Å². The second kappa shape index (κ2) is 6.55. The van der Waals surface area contributed by atoms with Gasteiger partial charge < -0.3 is 5.73 Å². The fourth-order valence-corrected chi connectivity index (χ4v) is 0.254. The maximum Gasteiger partial charge on any atom is 0.234 e. The summed E-state index contributed by atoms with van der Waals surface area (Å²) in [6.45, 7) is 5.77. The molecule has 10 heavy (non-hydrogen) atoms. The van der Waals surface area contributed by atoms with Gasteiger partial charge in [-0.25, -0.2) is 0 Å². The molecule has 1 atom stereocenters. The molecule has 0 aromatic heterocycles. The second-order valence-corrected chi connectivity index (χ2v) is 2.04. The highest BCUT2D eigenvalue weighted by Crippen LogP contribution is 1.86. The largest absolute Gasteiger partial charge is 0.368 e. The number of hydrogen-bond acceptors (Lipinski definition) is 2. The lowest BCUT2D eigenvalue weighted by Crippen LogP contribution is -2.37. The average molecular weight is 146 g/mol. The average Bonchev–Trinajstić information content (AvgIpc) is 1.90. The normalized spacial score (nSPS) is 11.8. The van der Waals surface area contributed by atoms with E-state index in [1.165, 1.54) is 0 Å². The fourth-order valence-electron chi connectivity index (χ4n) is 0.254. The van der Waals surface area contributed by atoms with Crippen molar-refractivity contribution in [3.05, 3.63) is 0 Å². The summed E-state index contributed by atoms with van der Waals surface area (Å²) in [5.41, 5.74) is 4.96. The summed E-state index contributed by atoms with van der Waals surface area (Å²) < 4.78 is 0. The van der Waals surface area contributed by atoms with Crippen molar-refractivity contribution in [1.29, 1.82) is 0 Å². The highest BCUT2D eigenvalue weighted by molar-refractivity contribution is 5.79. The molecule has 62 valence electrons. The summed E-state index contributed by atoms with van der Waals surface area (Å²) in [5.74, 6) is -0.282. The summed E-state index contributed by atoms with van der Waals surface area (Å²) in [7, 11) is 3.63. The lowest BCUT2D eigenvalue weighted by atomic mass is 10.3. The van der Waals surface area contributed by atoms with Crippen molar-refractivity contribution in [1.82, 2.24) is 4.90 Å². The van der Waals surface area contributed by atoms with Gasteiger partial charge in [-0.05, 0) is 21.0 Å². The van der Waals surface area contributed by atoms with Crippen molar-refractivity contribution in [3.8, 4) is 0 Å². The van der Waals surface area contributed by atoms with Crippen LogP contribution in [0.2, 0.25) is 0 Å². The molecule has 0 aliphatic heterocycles. The second-order valence-electron chi connectivity index (χ2n) is 2.04. The van der Waals surface area contributed by atoms with E-state index in [0.717, 1.165) is 0 Å². The molecule has 0 aliphatic carbocycles. The van der Waals surface area contributed by atoms with Crippen molar-refractivity contribution in [2.24, 2.45) is 5.73 Å². The first-order valence-corrected chi connectivity index (χ1v) is 3.51. The molecule has 0 spiro atoms. The predicted octanol–water partition coefficient (Wildman–Crippen LogP) is 0.448. The fraction of sp³-hybridized carbons (Fsp3) is 0.857. The Morgan fingerprint density at radius 2 is 1.70 bits per heavy atom. The molecular weight excluding hydrogens is 128 g/mol. The first-order chi connectivity index (χ1) is 4.55. The number of carbonyl (C=O) groups is 1. The van der Waals surface area contributed by atoms with Crippen LogP contribution in [0.5, 0.6) is 0 Å². The van der Waals surface area contributed by atoms with E-state index < -0.39 is 0 Å². The number of primary amides is 1. The SMILES string of the molecule is CC.CC(C(N)=O)N(C)C. The van der Waals surface area contributed by atoms with Crippen LogP contribution in [0.1, 0.15) is 20.8 Å². The number of rotatable bonds is 2. The van der Waals surface area contributed by atoms with Gasteiger partial charge >= 0.3 is 0 Å². The van der Waals surface area contributed by atoms with Crippen molar-refractivity contribution in [2.75, 3.05) is 14.1 Å². The van der Waals surface area contributed by atoms with Gasteiger partial charge in [-0.15, -0.1) is 0 Å². The molecular formula is C7H18N2O. The van der Waals surface area contributed by atoms with Crippen molar-refractivity contribution < 1.29 is 4.79 Å². The van der Waals surface area contributed by atoms with Gasteiger partial charge in [0.1, 0.15) is 0 Å². The van der Waals surface area contributed by atoms with E-state index >= 15 is 0 Å². The summed E-state index contributed by atoms with van der Waals surface area (Å²) in [5, 5.41) is 0. The van der Waals surface area contributed by atoms with E-state index in [0.29, 0.717) is 0 Å². The summed E-state index contributed by atoms with van der Waals surface area (Å²) >= 11 is 0. The van der Waals surface area contributed by atoms with Crippen LogP contribution in [0.3, 0.4) is 0 Å². The molecule has 0 saturated heterocycles. The first-order valence-electron chi connectivity index (χ1n) is 3.51. The molecule has 1 amide bonds. The number of carbonyl (C=O) groups excluding carboxylic acids is 1. The van der Waals surface area contributed by atoms with Gasteiger partial charge in [0, 0.05) is 0 Å². The van der Waals surface area contributed by atoms with Gasteiger partial charge in [-0.2, -0.15) is 0 Å². The molecule has 0 heterocycles. The lowest BCUT2D eigenvalue weighted by Gasteiger charge is -2.14. The Bertz CT molecular complexity index is 91.6. The maximum atomic E-state index is 10.3. The van der Waals surface area contributed by atoms with Gasteiger partial charge in [-0.3, -0.25) is 9.69 Å². The van der Waals surface area contributed by atoms with Crippen molar-refractivity contribution >= 4 is 5.91 Å². The van der Waals surface area contributed by atoms with Gasteiger partial charge in [0.2, 0.25) is 5.91 Å². The zero-order valence-electron chi connectivity index (χ0n) is 7.51. The van der Waals surface area contributed by atoms with Crippen LogP contribution in [-0.4, -0.2) is 30.9 Å². The molecule has 0 saturated carbocycles. The van der Waals surface area contributed by atoms with Gasteiger partial charge in [0.15, 0.2) is 0 Å². The monoisotopic (exact) mass is 146 g/mol. The van der Waals surface area contributed by atoms with Crippen LogP contribution < -0.4 is 5.73 Å². The molecule has 0 bridgehead atoms. The lowest BCUT2D eigenvalue weighted by molar-refractivity contribution is -0.121. The third-order valence-corrected chi connectivity index (χ3v) is 1.19. The van der Waals surface area contributed by atoms with Crippen LogP contribution >= 0.6 is 0 Å². The highest BCUT2D eigenvalue weighted by Gasteiger charge is 2.08. The molecule has 2 N–H and O–H groups in total. The number of amides is 1. The number of likely N-dealkylation sites (N-methyl/N-ethyl adjacent to an activating group) is 1. The summed E-state index contributed by atoms with van der Waals surface area (Å²) in [6.07, 6.45) is 0. The Kier molecular flexibility index (Phi) is 7.95. The molecule has 0 aromatic rings. The number of nitrogens with zero attached hydrogens (tertiary/aromatic N) is 1. The quantitative estimate of drug-likeness (QED) is 0.614. The van der Waals surface area contributed by atoms with E-state index in [1.807, 2.05) is 27.9 Å². The minimum Gasteiger partial charge on any atom is -0.368 e. The van der Waals surface area contributed by atoms with Crippen molar-refractivity contribution in [3.63, 3.8) is 0 Å². The Labute approximate surface area is 63.2 Å². The van der Waals surface area contributed by atoms with E-state index in [9.17, 15) is 4.79 Å². The standard InChI is InChI=1S/C5H12N2O.C2H6/c1-4(5(6)8)7(2)3;1-2/h4H,1-3H3,(H2,6,8);1-2H3. The van der Waals surface area contributed by atoms with Crippen LogP contribution in [0.15, 0.2) is 0 Å². The van der Waals surface area contributed by atoms with Gasteiger partial charge in [-0.1, -0.05) is 13.8 Å². The topological polar surface area (TPSA) is 46.3 Å². The number of hydrogen-bond donors (Lipinski definition) is 1. The van der Waals surface area contributed by atoms with E-state index in [4.69, 9.17) is 5.73 Å². The van der Waals surface area contributed by atoms with Crippen LogP contribution in [0, 0.1) is 0 Å². The zero-order chi connectivity index (χ0) is 8.73. The molecule has 1 unspecified atom stereocenters. The third kappa shape index (κ3) is 5.56. The van der Waals surface area contributed by atoms with Gasteiger partial charge in [0.05, 0.1) is 6.04 Å². The van der Waals surface area contributed by atoms with E-state index in [-0.39, 0.29) is 11.9 Å². The molecule has 0 aromatic carbocycles.